The number of carbonyl (C=O) groups is 3. The monoisotopic (exact) mass is 704 g/mol. The summed E-state index contributed by atoms with van der Waals surface area (Å²) in [4.78, 5) is 41.7. The van der Waals surface area contributed by atoms with Crippen LogP contribution in [0.2, 0.25) is 0 Å². The highest BCUT2D eigenvalue weighted by Gasteiger charge is 2.40. The summed E-state index contributed by atoms with van der Waals surface area (Å²) in [5.74, 6) is -1.83. The summed E-state index contributed by atoms with van der Waals surface area (Å²) in [5, 5.41) is 5.89. The number of likely N-dealkylation sites (N-methyl/N-ethyl adjacent to an activating group) is 1. The zero-order valence-corrected chi connectivity index (χ0v) is 32.3. The number of anilines is 1. The molecule has 0 fully saturated rings. The van der Waals surface area contributed by atoms with Crippen molar-refractivity contribution >= 4 is 34.3 Å². The topological polar surface area (TPSA) is 103 Å². The zero-order chi connectivity index (χ0) is 37.6. The lowest BCUT2D eigenvalue weighted by atomic mass is 10.0. The van der Waals surface area contributed by atoms with Crippen LogP contribution in [0.15, 0.2) is 60.7 Å². The summed E-state index contributed by atoms with van der Waals surface area (Å²) in [6.07, 6.45) is 2.27. The number of amides is 1. The first-order chi connectivity index (χ1) is 24.0. The summed E-state index contributed by atoms with van der Waals surface area (Å²) >= 11 is 0. The highest BCUT2D eigenvalue weighted by Crippen LogP contribution is 2.20. The van der Waals surface area contributed by atoms with Crippen molar-refractivity contribution in [1.29, 1.82) is 0 Å². The summed E-state index contributed by atoms with van der Waals surface area (Å²) in [6.45, 7) is 15.5. The second-order valence-electron chi connectivity index (χ2n) is 15.3. The van der Waals surface area contributed by atoms with Crippen molar-refractivity contribution in [2.24, 2.45) is 0 Å². The Morgan fingerprint density at radius 1 is 0.725 bits per heavy atom. The first-order valence-electron chi connectivity index (χ1n) is 18.2. The number of ether oxygens (including phenoxy) is 4. The third-order valence-corrected chi connectivity index (χ3v) is 8.31. The van der Waals surface area contributed by atoms with Gasteiger partial charge in [0.1, 0.15) is 17.8 Å². The lowest BCUT2D eigenvalue weighted by molar-refractivity contribution is -0.189. The molecular weight excluding hydrogens is 644 g/mol. The molecule has 1 N–H and O–H groups in total. The molecule has 0 unspecified atom stereocenters. The van der Waals surface area contributed by atoms with Gasteiger partial charge in [0.25, 0.3) is 5.91 Å². The van der Waals surface area contributed by atoms with E-state index in [1.807, 2.05) is 6.07 Å². The van der Waals surface area contributed by atoms with E-state index in [4.69, 9.17) is 18.9 Å². The van der Waals surface area contributed by atoms with Gasteiger partial charge in [0.15, 0.2) is 12.2 Å². The minimum atomic E-state index is -1.46. The Morgan fingerprint density at radius 2 is 1.43 bits per heavy atom. The standard InChI is InChI=1S/C42H60N2O7/c1-30-20-23-35(27-31(30)2)43-24-14-16-26-48-37(38(40(47)51-42(6,7)8)49-29-36(45)50-41(3,4)5)39(46)44(9)25-15-10-11-17-32-21-22-33-18-12-13-19-34(33)28-32/h12-13,18-23,27-28,37-38,43H,10-11,14-17,24-26,29H2,1-9H3/t37-,38-/m1/s1. The molecule has 0 aliphatic rings. The third-order valence-electron chi connectivity index (χ3n) is 8.31. The normalized spacial score (nSPS) is 13.0. The van der Waals surface area contributed by atoms with Crippen LogP contribution in [0.5, 0.6) is 0 Å². The van der Waals surface area contributed by atoms with Gasteiger partial charge in [0, 0.05) is 32.4 Å². The van der Waals surface area contributed by atoms with E-state index in [2.05, 4.69) is 73.8 Å². The molecule has 0 saturated heterocycles. The summed E-state index contributed by atoms with van der Waals surface area (Å²) < 4.78 is 23.1. The number of fused-ring (bicyclic) bond motifs is 1. The number of carbonyl (C=O) groups excluding carboxylic acids is 3. The van der Waals surface area contributed by atoms with Crippen molar-refractivity contribution in [3.05, 3.63) is 77.4 Å². The third kappa shape index (κ3) is 15.1. The van der Waals surface area contributed by atoms with Crippen LogP contribution in [0.3, 0.4) is 0 Å². The molecule has 0 aliphatic heterocycles. The molecule has 0 radical (unpaired) electrons. The van der Waals surface area contributed by atoms with Crippen LogP contribution < -0.4 is 5.32 Å². The quantitative estimate of drug-likeness (QED) is 0.0991. The highest BCUT2D eigenvalue weighted by molar-refractivity contribution is 5.89. The molecule has 2 atom stereocenters. The molecule has 3 aromatic carbocycles. The van der Waals surface area contributed by atoms with E-state index in [1.54, 1.807) is 53.5 Å². The van der Waals surface area contributed by atoms with E-state index in [1.165, 1.54) is 27.5 Å². The predicted molar refractivity (Wildman–Crippen MR) is 204 cm³/mol. The molecule has 9 heteroatoms. The van der Waals surface area contributed by atoms with Crippen molar-refractivity contribution in [3.63, 3.8) is 0 Å². The van der Waals surface area contributed by atoms with Crippen LogP contribution in [0.25, 0.3) is 10.8 Å². The van der Waals surface area contributed by atoms with Gasteiger partial charge in [0.2, 0.25) is 0 Å². The minimum absolute atomic E-state index is 0.208. The van der Waals surface area contributed by atoms with Crippen LogP contribution in [0, 0.1) is 13.8 Å². The number of rotatable bonds is 19. The van der Waals surface area contributed by atoms with Gasteiger partial charge < -0.3 is 29.2 Å². The number of hydrogen-bond donors (Lipinski definition) is 1. The van der Waals surface area contributed by atoms with Gasteiger partial charge >= 0.3 is 11.9 Å². The summed E-state index contributed by atoms with van der Waals surface area (Å²) in [6, 6.07) is 21.2. The van der Waals surface area contributed by atoms with E-state index in [-0.39, 0.29) is 6.61 Å². The maximum Gasteiger partial charge on any atom is 0.339 e. The Balaban J connectivity index is 1.64. The van der Waals surface area contributed by atoms with Gasteiger partial charge in [-0.05, 0) is 127 Å². The largest absolute Gasteiger partial charge is 0.458 e. The van der Waals surface area contributed by atoms with Gasteiger partial charge in [-0.25, -0.2) is 9.59 Å². The lowest BCUT2D eigenvalue weighted by Crippen LogP contribution is -2.51. The fourth-order valence-electron chi connectivity index (χ4n) is 5.55. The van der Waals surface area contributed by atoms with Gasteiger partial charge in [-0.3, -0.25) is 4.79 Å². The van der Waals surface area contributed by atoms with E-state index >= 15 is 0 Å². The minimum Gasteiger partial charge on any atom is -0.458 e. The molecule has 3 rings (SSSR count). The second kappa shape index (κ2) is 19.6. The van der Waals surface area contributed by atoms with Crippen LogP contribution in [-0.4, -0.2) is 79.5 Å². The maximum atomic E-state index is 14.0. The van der Waals surface area contributed by atoms with Gasteiger partial charge in [-0.1, -0.05) is 55.0 Å². The zero-order valence-electron chi connectivity index (χ0n) is 32.3. The van der Waals surface area contributed by atoms with Crippen molar-refractivity contribution < 1.29 is 33.3 Å². The van der Waals surface area contributed by atoms with Crippen molar-refractivity contribution in [2.75, 3.05) is 38.7 Å². The summed E-state index contributed by atoms with van der Waals surface area (Å²) in [5.41, 5.74) is 3.20. The molecule has 0 heterocycles. The fourth-order valence-corrected chi connectivity index (χ4v) is 5.55. The number of nitrogens with one attached hydrogen (secondary N) is 1. The Kier molecular flexibility index (Phi) is 15.9. The smallest absolute Gasteiger partial charge is 0.339 e. The number of esters is 2. The van der Waals surface area contributed by atoms with Crippen molar-refractivity contribution in [1.82, 2.24) is 4.90 Å². The molecule has 0 aromatic heterocycles. The van der Waals surface area contributed by atoms with E-state index < -0.39 is 47.9 Å². The Labute approximate surface area is 305 Å². The number of benzene rings is 3. The Hall–Kier alpha value is -3.95. The van der Waals surface area contributed by atoms with Crippen LogP contribution in [0.1, 0.15) is 90.3 Å². The molecule has 9 nitrogen and oxygen atoms in total. The molecule has 280 valence electrons. The van der Waals surface area contributed by atoms with Crippen LogP contribution in [0.4, 0.5) is 5.69 Å². The van der Waals surface area contributed by atoms with Gasteiger partial charge in [-0.15, -0.1) is 0 Å². The first kappa shape index (κ1) is 41.5. The maximum absolute atomic E-state index is 14.0. The Bertz CT molecular complexity index is 1570. The van der Waals surface area contributed by atoms with E-state index in [9.17, 15) is 14.4 Å². The average molecular weight is 705 g/mol. The number of aryl methyl sites for hydroxylation is 3. The Morgan fingerprint density at radius 3 is 2.12 bits per heavy atom. The lowest BCUT2D eigenvalue weighted by Gasteiger charge is -2.31. The molecule has 0 aliphatic carbocycles. The van der Waals surface area contributed by atoms with Crippen LogP contribution in [-0.2, 0) is 39.8 Å². The molecule has 1 amide bonds. The fraction of sp³-hybridized carbons (Fsp3) is 0.548. The molecule has 3 aromatic rings. The van der Waals surface area contributed by atoms with E-state index in [0.29, 0.717) is 19.5 Å². The van der Waals surface area contributed by atoms with Crippen molar-refractivity contribution in [2.45, 2.75) is 117 Å². The van der Waals surface area contributed by atoms with Crippen LogP contribution >= 0.6 is 0 Å². The predicted octanol–water partition coefficient (Wildman–Crippen LogP) is 7.97. The average Bonchev–Trinajstić information content (AvgIpc) is 3.04. The molecule has 0 spiro atoms. The summed E-state index contributed by atoms with van der Waals surface area (Å²) in [7, 11) is 1.70. The molecular formula is C42H60N2O7. The number of hydrogen-bond acceptors (Lipinski definition) is 8. The number of nitrogens with zero attached hydrogens (tertiary/aromatic N) is 1. The highest BCUT2D eigenvalue weighted by atomic mass is 16.6. The molecule has 51 heavy (non-hydrogen) atoms. The first-order valence-corrected chi connectivity index (χ1v) is 18.2. The van der Waals surface area contributed by atoms with Gasteiger partial charge in [0.05, 0.1) is 0 Å². The van der Waals surface area contributed by atoms with E-state index in [0.717, 1.165) is 37.8 Å². The van der Waals surface area contributed by atoms with Gasteiger partial charge in [-0.2, -0.15) is 0 Å². The molecule has 0 saturated carbocycles. The number of unbranched alkanes of at least 4 members (excludes halogenated alkanes) is 3. The SMILES string of the molecule is Cc1ccc(NCCCCO[C@@H](C(=O)N(C)CCCCCc2ccc3ccccc3c2)[C@@H](OCC(=O)OC(C)(C)C)C(=O)OC(C)(C)C)cc1C. The second-order valence-corrected chi connectivity index (χ2v) is 15.3. The molecule has 0 bridgehead atoms. The van der Waals surface area contributed by atoms with Crippen molar-refractivity contribution in [3.8, 4) is 0 Å².